The summed E-state index contributed by atoms with van der Waals surface area (Å²) in [5, 5.41) is 0. The maximum Gasteiger partial charge on any atom is 0.0621 e. The molecule has 0 aromatic heterocycles. The molecule has 0 spiro atoms. The molecule has 1 aliphatic carbocycles. The minimum atomic E-state index is 0.448. The lowest BCUT2D eigenvalue weighted by Crippen LogP contribution is -2.29. The van der Waals surface area contributed by atoms with Crippen molar-refractivity contribution in [3.05, 3.63) is 0 Å². The first-order valence-corrected chi connectivity index (χ1v) is 4.40. The number of ether oxygens (including phenoxy) is 2. The first-order chi connectivity index (χ1) is 5.38. The van der Waals surface area contributed by atoms with Gasteiger partial charge in [0.1, 0.15) is 0 Å². The summed E-state index contributed by atoms with van der Waals surface area (Å²) >= 11 is 0. The van der Waals surface area contributed by atoms with E-state index >= 15 is 0 Å². The largest absolute Gasteiger partial charge is 0.384 e. The summed E-state index contributed by atoms with van der Waals surface area (Å²) in [6.45, 7) is 0.860. The van der Waals surface area contributed by atoms with Crippen molar-refractivity contribution >= 4 is 0 Å². The van der Waals surface area contributed by atoms with E-state index in [2.05, 4.69) is 0 Å². The molecule has 0 saturated heterocycles. The molecule has 0 aromatic carbocycles. The van der Waals surface area contributed by atoms with Gasteiger partial charge in [0.25, 0.3) is 0 Å². The zero-order valence-corrected chi connectivity index (χ0v) is 7.51. The van der Waals surface area contributed by atoms with Crippen molar-refractivity contribution in [2.75, 3.05) is 20.8 Å². The number of rotatable bonds is 3. The van der Waals surface area contributed by atoms with Crippen LogP contribution in [0, 0.1) is 5.92 Å². The molecule has 0 heterocycles. The van der Waals surface area contributed by atoms with Crippen LogP contribution in [0.4, 0.5) is 0 Å². The fourth-order valence-electron chi connectivity index (χ4n) is 1.89. The molecule has 0 amide bonds. The third-order valence-corrected chi connectivity index (χ3v) is 2.52. The minimum absolute atomic E-state index is 0.448. The average molecular weight is 158 g/mol. The van der Waals surface area contributed by atoms with Gasteiger partial charge >= 0.3 is 0 Å². The van der Waals surface area contributed by atoms with Gasteiger partial charge in [-0.1, -0.05) is 12.8 Å². The van der Waals surface area contributed by atoms with Crippen LogP contribution in [0.2, 0.25) is 0 Å². The quantitative estimate of drug-likeness (QED) is 0.624. The molecule has 0 radical (unpaired) electrons. The monoisotopic (exact) mass is 158 g/mol. The fraction of sp³-hybridized carbons (Fsp3) is 1.00. The third-order valence-electron chi connectivity index (χ3n) is 2.52. The van der Waals surface area contributed by atoms with E-state index in [4.69, 9.17) is 9.47 Å². The molecule has 1 fully saturated rings. The molecule has 1 aliphatic rings. The van der Waals surface area contributed by atoms with E-state index in [0.717, 1.165) is 6.61 Å². The van der Waals surface area contributed by atoms with E-state index < -0.39 is 0 Å². The smallest absolute Gasteiger partial charge is 0.0621 e. The summed E-state index contributed by atoms with van der Waals surface area (Å²) in [7, 11) is 3.57. The van der Waals surface area contributed by atoms with E-state index in [1.54, 1.807) is 14.2 Å². The Bertz CT molecular complexity index is 102. The van der Waals surface area contributed by atoms with Crippen LogP contribution in [0.1, 0.15) is 25.7 Å². The summed E-state index contributed by atoms with van der Waals surface area (Å²) < 4.78 is 10.5. The summed E-state index contributed by atoms with van der Waals surface area (Å²) in [5.41, 5.74) is 0. The second-order valence-corrected chi connectivity index (χ2v) is 3.27. The molecule has 2 unspecified atom stereocenters. The van der Waals surface area contributed by atoms with E-state index in [1.165, 1.54) is 25.7 Å². The summed E-state index contributed by atoms with van der Waals surface area (Å²) in [6.07, 6.45) is 5.59. The van der Waals surface area contributed by atoms with Crippen molar-refractivity contribution in [2.24, 2.45) is 5.92 Å². The SMILES string of the molecule is COCC1CCCCC1OC. The van der Waals surface area contributed by atoms with Gasteiger partial charge in [-0.2, -0.15) is 0 Å². The maximum atomic E-state index is 5.38. The van der Waals surface area contributed by atoms with Crippen molar-refractivity contribution in [1.29, 1.82) is 0 Å². The van der Waals surface area contributed by atoms with Gasteiger partial charge in [-0.05, 0) is 12.8 Å². The number of hydrogen-bond acceptors (Lipinski definition) is 2. The van der Waals surface area contributed by atoms with Crippen molar-refractivity contribution in [3.63, 3.8) is 0 Å². The van der Waals surface area contributed by atoms with E-state index in [-0.39, 0.29) is 0 Å². The van der Waals surface area contributed by atoms with Gasteiger partial charge in [0, 0.05) is 20.1 Å². The molecule has 0 N–H and O–H groups in total. The first-order valence-electron chi connectivity index (χ1n) is 4.40. The Morgan fingerprint density at radius 2 is 1.91 bits per heavy atom. The van der Waals surface area contributed by atoms with Gasteiger partial charge < -0.3 is 9.47 Å². The molecular formula is C9H18O2. The predicted octanol–water partition coefficient (Wildman–Crippen LogP) is 1.84. The molecule has 2 nitrogen and oxygen atoms in total. The van der Waals surface area contributed by atoms with Crippen LogP contribution in [0.5, 0.6) is 0 Å². The lowest BCUT2D eigenvalue weighted by molar-refractivity contribution is -0.00960. The van der Waals surface area contributed by atoms with Crippen LogP contribution in [0.25, 0.3) is 0 Å². The molecule has 2 atom stereocenters. The molecule has 0 bridgehead atoms. The zero-order valence-electron chi connectivity index (χ0n) is 7.51. The van der Waals surface area contributed by atoms with Crippen molar-refractivity contribution in [3.8, 4) is 0 Å². The highest BCUT2D eigenvalue weighted by Crippen LogP contribution is 2.26. The lowest BCUT2D eigenvalue weighted by Gasteiger charge is -2.29. The highest BCUT2D eigenvalue weighted by Gasteiger charge is 2.24. The van der Waals surface area contributed by atoms with Crippen LogP contribution in [-0.4, -0.2) is 26.9 Å². The Balaban J connectivity index is 2.31. The molecule has 1 rings (SSSR count). The Morgan fingerprint density at radius 3 is 2.55 bits per heavy atom. The molecule has 2 heteroatoms. The van der Waals surface area contributed by atoms with Crippen molar-refractivity contribution < 1.29 is 9.47 Å². The highest BCUT2D eigenvalue weighted by atomic mass is 16.5. The van der Waals surface area contributed by atoms with E-state index in [0.29, 0.717) is 12.0 Å². The van der Waals surface area contributed by atoms with Crippen LogP contribution >= 0.6 is 0 Å². The lowest BCUT2D eigenvalue weighted by atomic mass is 9.87. The normalized spacial score (nSPS) is 32.2. The molecule has 11 heavy (non-hydrogen) atoms. The van der Waals surface area contributed by atoms with Gasteiger partial charge in [0.2, 0.25) is 0 Å². The first kappa shape index (κ1) is 9.01. The average Bonchev–Trinajstić information content (AvgIpc) is 2.06. The van der Waals surface area contributed by atoms with Gasteiger partial charge in [0.05, 0.1) is 12.7 Å². The fourth-order valence-corrected chi connectivity index (χ4v) is 1.89. The van der Waals surface area contributed by atoms with Crippen molar-refractivity contribution in [1.82, 2.24) is 0 Å². The summed E-state index contributed by atoms with van der Waals surface area (Å²) in [6, 6.07) is 0. The molecular weight excluding hydrogens is 140 g/mol. The maximum absolute atomic E-state index is 5.38. The Kier molecular flexibility index (Phi) is 3.87. The highest BCUT2D eigenvalue weighted by molar-refractivity contribution is 4.75. The van der Waals surface area contributed by atoms with E-state index in [1.807, 2.05) is 0 Å². The Morgan fingerprint density at radius 1 is 1.18 bits per heavy atom. The predicted molar refractivity (Wildman–Crippen MR) is 44.6 cm³/mol. The molecule has 66 valence electrons. The second kappa shape index (κ2) is 4.73. The second-order valence-electron chi connectivity index (χ2n) is 3.27. The Hall–Kier alpha value is -0.0800. The zero-order chi connectivity index (χ0) is 8.10. The van der Waals surface area contributed by atoms with Gasteiger partial charge in [-0.3, -0.25) is 0 Å². The number of methoxy groups -OCH3 is 2. The molecule has 0 aliphatic heterocycles. The van der Waals surface area contributed by atoms with E-state index in [9.17, 15) is 0 Å². The van der Waals surface area contributed by atoms with Gasteiger partial charge in [-0.15, -0.1) is 0 Å². The van der Waals surface area contributed by atoms with Crippen LogP contribution in [0.3, 0.4) is 0 Å². The standard InChI is InChI=1S/C9H18O2/c1-10-7-8-5-3-4-6-9(8)11-2/h8-9H,3-7H2,1-2H3. The minimum Gasteiger partial charge on any atom is -0.384 e. The number of hydrogen-bond donors (Lipinski definition) is 0. The molecule has 1 saturated carbocycles. The van der Waals surface area contributed by atoms with Gasteiger partial charge in [-0.25, -0.2) is 0 Å². The topological polar surface area (TPSA) is 18.5 Å². The Labute approximate surface area is 68.9 Å². The van der Waals surface area contributed by atoms with Crippen LogP contribution in [0.15, 0.2) is 0 Å². The van der Waals surface area contributed by atoms with Crippen LogP contribution < -0.4 is 0 Å². The summed E-state index contributed by atoms with van der Waals surface area (Å²) in [4.78, 5) is 0. The third kappa shape index (κ3) is 2.46. The van der Waals surface area contributed by atoms with Gasteiger partial charge in [0.15, 0.2) is 0 Å². The van der Waals surface area contributed by atoms with Crippen molar-refractivity contribution in [2.45, 2.75) is 31.8 Å². The molecule has 0 aromatic rings. The van der Waals surface area contributed by atoms with Crippen LogP contribution in [-0.2, 0) is 9.47 Å². The summed E-state index contributed by atoms with van der Waals surface area (Å²) in [5.74, 6) is 0.638.